The van der Waals surface area contributed by atoms with Crippen LogP contribution in [0.25, 0.3) is 5.69 Å². The molecule has 31 heavy (non-hydrogen) atoms. The Morgan fingerprint density at radius 2 is 1.77 bits per heavy atom. The number of aromatic nitrogens is 2. The standard InChI is InChI=1S/C25H22N4OS/c1-17-6-4-7-19(16-17)28-15-5-9-22(28)24-23(21-8-2-3-14-26-21)27-25(31)29(24)18-10-12-20(30)13-11-18/h2-16,23-24,30H,1H3,(H,27,31)/t23-,24+/m0/s1. The summed E-state index contributed by atoms with van der Waals surface area (Å²) in [6, 6.07) is 25.5. The van der Waals surface area contributed by atoms with Gasteiger partial charge in [-0.15, -0.1) is 0 Å². The van der Waals surface area contributed by atoms with Gasteiger partial charge in [-0.2, -0.15) is 0 Å². The molecule has 0 radical (unpaired) electrons. The van der Waals surface area contributed by atoms with E-state index in [4.69, 9.17) is 12.2 Å². The summed E-state index contributed by atoms with van der Waals surface area (Å²) in [6.45, 7) is 2.10. The van der Waals surface area contributed by atoms with E-state index in [1.54, 1.807) is 18.3 Å². The number of hydrogen-bond acceptors (Lipinski definition) is 3. The molecule has 0 bridgehead atoms. The maximum Gasteiger partial charge on any atom is 0.174 e. The predicted octanol–water partition coefficient (Wildman–Crippen LogP) is 5.06. The van der Waals surface area contributed by atoms with Crippen molar-refractivity contribution < 1.29 is 5.11 Å². The molecule has 154 valence electrons. The summed E-state index contributed by atoms with van der Waals surface area (Å²) >= 11 is 5.78. The number of aryl methyl sites for hydroxylation is 1. The number of thiocarbonyl (C=S) groups is 1. The molecule has 1 saturated heterocycles. The predicted molar refractivity (Wildman–Crippen MR) is 127 cm³/mol. The second kappa shape index (κ2) is 7.89. The van der Waals surface area contributed by atoms with Gasteiger partial charge in [0.05, 0.1) is 11.7 Å². The van der Waals surface area contributed by atoms with Crippen LogP contribution in [0.3, 0.4) is 0 Å². The highest BCUT2D eigenvalue weighted by Gasteiger charge is 2.42. The van der Waals surface area contributed by atoms with Crippen LogP contribution in [0.4, 0.5) is 5.69 Å². The average Bonchev–Trinajstić information content (AvgIpc) is 3.39. The lowest BCUT2D eigenvalue weighted by Crippen LogP contribution is -2.30. The number of nitrogens with zero attached hydrogens (tertiary/aromatic N) is 3. The number of nitrogens with one attached hydrogen (secondary N) is 1. The van der Waals surface area contributed by atoms with Crippen LogP contribution in [-0.4, -0.2) is 19.8 Å². The van der Waals surface area contributed by atoms with E-state index in [1.807, 2.05) is 30.3 Å². The SMILES string of the molecule is Cc1cccc(-n2cccc2[C@@H]2[C@H](c3ccccn3)NC(=S)N2c2ccc(O)cc2)c1. The van der Waals surface area contributed by atoms with Crippen LogP contribution in [0, 0.1) is 6.92 Å². The third-order valence-corrected chi connectivity index (χ3v) is 5.90. The number of pyridine rings is 1. The molecule has 1 fully saturated rings. The molecule has 1 aliphatic rings. The van der Waals surface area contributed by atoms with Crippen LogP contribution < -0.4 is 10.2 Å². The first kappa shape index (κ1) is 19.3. The van der Waals surface area contributed by atoms with Gasteiger partial charge < -0.3 is 19.9 Å². The Labute approximate surface area is 186 Å². The highest BCUT2D eigenvalue weighted by molar-refractivity contribution is 7.80. The second-order valence-corrected chi connectivity index (χ2v) is 8.04. The van der Waals surface area contributed by atoms with Gasteiger partial charge in [-0.3, -0.25) is 4.98 Å². The molecule has 2 aromatic heterocycles. The molecule has 2 aromatic carbocycles. The van der Waals surface area contributed by atoms with Gasteiger partial charge in [0.15, 0.2) is 5.11 Å². The second-order valence-electron chi connectivity index (χ2n) is 7.66. The molecule has 4 aromatic rings. The highest BCUT2D eigenvalue weighted by Crippen LogP contribution is 2.42. The van der Waals surface area contributed by atoms with Crippen molar-refractivity contribution in [3.8, 4) is 11.4 Å². The van der Waals surface area contributed by atoms with Crippen molar-refractivity contribution in [3.05, 3.63) is 108 Å². The number of rotatable bonds is 4. The normalized spacial score (nSPS) is 18.2. The molecule has 0 aliphatic carbocycles. The quantitative estimate of drug-likeness (QED) is 0.447. The van der Waals surface area contributed by atoms with Crippen LogP contribution >= 0.6 is 12.2 Å². The maximum atomic E-state index is 9.78. The van der Waals surface area contributed by atoms with Crippen molar-refractivity contribution in [1.29, 1.82) is 0 Å². The third-order valence-electron chi connectivity index (χ3n) is 5.59. The average molecular weight is 427 g/mol. The summed E-state index contributed by atoms with van der Waals surface area (Å²) in [4.78, 5) is 6.72. The number of hydrogen-bond donors (Lipinski definition) is 2. The minimum absolute atomic E-state index is 0.123. The smallest absolute Gasteiger partial charge is 0.174 e. The summed E-state index contributed by atoms with van der Waals surface area (Å²) < 4.78 is 2.20. The van der Waals surface area contributed by atoms with Crippen molar-refractivity contribution >= 4 is 23.0 Å². The lowest BCUT2D eigenvalue weighted by Gasteiger charge is -2.29. The van der Waals surface area contributed by atoms with Crippen molar-refractivity contribution in [2.75, 3.05) is 4.90 Å². The number of benzene rings is 2. The Morgan fingerprint density at radius 3 is 2.52 bits per heavy atom. The van der Waals surface area contributed by atoms with Gasteiger partial charge in [-0.25, -0.2) is 0 Å². The van der Waals surface area contributed by atoms with Crippen LogP contribution in [0.15, 0.2) is 91.3 Å². The Morgan fingerprint density at radius 1 is 0.935 bits per heavy atom. The summed E-state index contributed by atoms with van der Waals surface area (Å²) in [6.07, 6.45) is 3.88. The summed E-state index contributed by atoms with van der Waals surface area (Å²) in [5.41, 5.74) is 5.24. The Kier molecular flexibility index (Phi) is 4.92. The van der Waals surface area contributed by atoms with E-state index in [0.29, 0.717) is 5.11 Å². The summed E-state index contributed by atoms with van der Waals surface area (Å²) in [5.74, 6) is 0.225. The van der Waals surface area contributed by atoms with Crippen LogP contribution in [0.2, 0.25) is 0 Å². The molecule has 0 amide bonds. The van der Waals surface area contributed by atoms with Gasteiger partial charge in [0.25, 0.3) is 0 Å². The molecular weight excluding hydrogens is 404 g/mol. The fraction of sp³-hybridized carbons (Fsp3) is 0.120. The minimum atomic E-state index is -0.124. The number of phenolic OH excluding ortho intramolecular Hbond substituents is 1. The van der Waals surface area contributed by atoms with Crippen molar-refractivity contribution in [2.45, 2.75) is 19.0 Å². The molecule has 0 unspecified atom stereocenters. The van der Waals surface area contributed by atoms with Crippen LogP contribution in [0.1, 0.15) is 29.0 Å². The van der Waals surface area contributed by atoms with Crippen LogP contribution in [-0.2, 0) is 0 Å². The largest absolute Gasteiger partial charge is 0.508 e. The first-order valence-corrected chi connectivity index (χ1v) is 10.6. The van der Waals surface area contributed by atoms with E-state index >= 15 is 0 Å². The lowest BCUT2D eigenvalue weighted by atomic mass is 10.0. The molecule has 1 aliphatic heterocycles. The molecule has 5 rings (SSSR count). The molecule has 5 nitrogen and oxygen atoms in total. The zero-order valence-electron chi connectivity index (χ0n) is 17.0. The molecule has 3 heterocycles. The highest BCUT2D eigenvalue weighted by atomic mass is 32.1. The fourth-order valence-corrected chi connectivity index (χ4v) is 4.54. The van der Waals surface area contributed by atoms with Gasteiger partial charge in [-0.1, -0.05) is 18.2 Å². The number of phenols is 1. The van der Waals surface area contributed by atoms with Gasteiger partial charge in [0.1, 0.15) is 11.8 Å². The topological polar surface area (TPSA) is 53.3 Å². The Hall–Kier alpha value is -3.64. The van der Waals surface area contributed by atoms with Crippen LogP contribution in [0.5, 0.6) is 5.75 Å². The zero-order chi connectivity index (χ0) is 21.4. The molecule has 6 heteroatoms. The van der Waals surface area contributed by atoms with Gasteiger partial charge in [0, 0.05) is 29.5 Å². The van der Waals surface area contributed by atoms with Crippen molar-refractivity contribution in [2.24, 2.45) is 0 Å². The molecule has 0 saturated carbocycles. The van der Waals surface area contributed by atoms with E-state index in [9.17, 15) is 5.11 Å². The van der Waals surface area contributed by atoms with E-state index in [0.717, 1.165) is 22.8 Å². The monoisotopic (exact) mass is 426 g/mol. The lowest BCUT2D eigenvalue weighted by molar-refractivity contribution is 0.475. The molecular formula is C25H22N4OS. The Bertz CT molecular complexity index is 1220. The first-order valence-electron chi connectivity index (χ1n) is 10.2. The summed E-state index contributed by atoms with van der Waals surface area (Å²) in [5, 5.41) is 13.9. The van der Waals surface area contributed by atoms with Gasteiger partial charge >= 0.3 is 0 Å². The van der Waals surface area contributed by atoms with Gasteiger partial charge in [-0.05, 0) is 85.4 Å². The van der Waals surface area contributed by atoms with Gasteiger partial charge in [0.2, 0.25) is 0 Å². The zero-order valence-corrected chi connectivity index (χ0v) is 17.8. The van der Waals surface area contributed by atoms with Crippen molar-refractivity contribution in [3.63, 3.8) is 0 Å². The molecule has 2 N–H and O–H groups in total. The maximum absolute atomic E-state index is 9.78. The number of aromatic hydroxyl groups is 1. The van der Waals surface area contributed by atoms with Crippen molar-refractivity contribution in [1.82, 2.24) is 14.9 Å². The first-order chi connectivity index (χ1) is 15.1. The van der Waals surface area contributed by atoms with E-state index in [-0.39, 0.29) is 17.8 Å². The summed E-state index contributed by atoms with van der Waals surface area (Å²) in [7, 11) is 0. The van der Waals surface area contributed by atoms with E-state index < -0.39 is 0 Å². The third kappa shape index (κ3) is 3.55. The van der Waals surface area contributed by atoms with E-state index in [1.165, 1.54) is 5.56 Å². The van der Waals surface area contributed by atoms with E-state index in [2.05, 4.69) is 69.3 Å². The number of anilines is 1. The molecule has 0 spiro atoms. The minimum Gasteiger partial charge on any atom is -0.508 e. The molecule has 2 atom stereocenters. The fourth-order valence-electron chi connectivity index (χ4n) is 4.19. The Balaban J connectivity index is 1.67.